The average Bonchev–Trinajstić information content (AvgIpc) is 3.31. The molecule has 0 spiro atoms. The van der Waals surface area contributed by atoms with Crippen molar-refractivity contribution in [2.24, 2.45) is 0 Å². The quantitative estimate of drug-likeness (QED) is 0.543. The molecule has 2 aliphatic rings. The van der Waals surface area contributed by atoms with Gasteiger partial charge in [0.2, 0.25) is 0 Å². The van der Waals surface area contributed by atoms with Crippen LogP contribution in [0, 0.1) is 0 Å². The highest BCUT2D eigenvalue weighted by atomic mass is 32.2. The number of alkyl halides is 3. The number of benzene rings is 1. The fourth-order valence-corrected chi connectivity index (χ4v) is 7.09. The summed E-state index contributed by atoms with van der Waals surface area (Å²) in [6.45, 7) is 4.95. The van der Waals surface area contributed by atoms with Crippen LogP contribution >= 0.6 is 11.3 Å². The third-order valence-corrected chi connectivity index (χ3v) is 9.87. The van der Waals surface area contributed by atoms with Crippen molar-refractivity contribution in [2.45, 2.75) is 54.4 Å². The smallest absolute Gasteiger partial charge is 0.378 e. The third-order valence-electron chi connectivity index (χ3n) is 6.63. The van der Waals surface area contributed by atoms with E-state index >= 15 is 0 Å². The summed E-state index contributed by atoms with van der Waals surface area (Å²) >= 11 is 1.18. The average molecular weight is 534 g/mol. The van der Waals surface area contributed by atoms with E-state index in [-0.39, 0.29) is 36.8 Å². The van der Waals surface area contributed by atoms with E-state index in [0.717, 1.165) is 6.92 Å². The zero-order valence-electron chi connectivity index (χ0n) is 19.5. The molecule has 1 aromatic carbocycles. The van der Waals surface area contributed by atoms with Gasteiger partial charge in [0, 0.05) is 37.4 Å². The van der Waals surface area contributed by atoms with Crippen LogP contribution in [0.5, 0.6) is 0 Å². The molecule has 1 aromatic heterocycles. The number of ether oxygens (including phenoxy) is 1. The van der Waals surface area contributed by atoms with Gasteiger partial charge >= 0.3 is 6.18 Å². The minimum atomic E-state index is -4.80. The number of sulfonamides is 1. The van der Waals surface area contributed by atoms with Crippen molar-refractivity contribution < 1.29 is 31.4 Å². The van der Waals surface area contributed by atoms with Crippen LogP contribution in [-0.2, 0) is 20.4 Å². The van der Waals surface area contributed by atoms with Crippen molar-refractivity contribution in [1.82, 2.24) is 9.62 Å². The summed E-state index contributed by atoms with van der Waals surface area (Å²) in [6.07, 6.45) is -4.17. The molecule has 7 nitrogen and oxygen atoms in total. The second kappa shape index (κ2) is 9.98. The first kappa shape index (κ1) is 26.4. The van der Waals surface area contributed by atoms with Crippen LogP contribution in [0.25, 0.3) is 0 Å². The number of hydrogen-bond donors (Lipinski definition) is 2. The van der Waals surface area contributed by atoms with Crippen LogP contribution in [0.15, 0.2) is 46.0 Å². The summed E-state index contributed by atoms with van der Waals surface area (Å²) in [7, 11) is -3.63. The number of nitrogens with zero attached hydrogens (tertiary/aromatic N) is 2. The Hall–Kier alpha value is -1.70. The van der Waals surface area contributed by atoms with E-state index in [1.165, 1.54) is 27.8 Å². The highest BCUT2D eigenvalue weighted by Crippen LogP contribution is 2.39. The molecule has 0 aliphatic carbocycles. The Kier molecular flexibility index (Phi) is 7.52. The lowest BCUT2D eigenvalue weighted by Crippen LogP contribution is -2.57. The molecular weight excluding hydrogens is 503 g/mol. The predicted octanol–water partition coefficient (Wildman–Crippen LogP) is 3.16. The van der Waals surface area contributed by atoms with Crippen LogP contribution in [0.1, 0.15) is 25.8 Å². The molecule has 0 bridgehead atoms. The second-order valence-electron chi connectivity index (χ2n) is 9.30. The van der Waals surface area contributed by atoms with Crippen LogP contribution in [-0.4, -0.2) is 75.0 Å². The van der Waals surface area contributed by atoms with Crippen molar-refractivity contribution in [1.29, 1.82) is 0 Å². The Bertz CT molecular complexity index is 1090. The number of hydrogen-bond acceptors (Lipinski definition) is 7. The Labute approximate surface area is 207 Å². The first-order valence-corrected chi connectivity index (χ1v) is 13.8. The van der Waals surface area contributed by atoms with E-state index in [0.29, 0.717) is 36.1 Å². The van der Waals surface area contributed by atoms with Gasteiger partial charge in [0.1, 0.15) is 4.21 Å². The van der Waals surface area contributed by atoms with Crippen LogP contribution in [0.2, 0.25) is 0 Å². The van der Waals surface area contributed by atoms with Gasteiger partial charge in [-0.3, -0.25) is 0 Å². The number of aliphatic hydroxyl groups is 1. The number of halogens is 3. The number of piperazine rings is 1. The molecular formula is C23H30F3N3O4S2. The van der Waals surface area contributed by atoms with Gasteiger partial charge in [0.15, 0.2) is 5.60 Å². The lowest BCUT2D eigenvalue weighted by molar-refractivity contribution is -0.258. The van der Waals surface area contributed by atoms with Gasteiger partial charge in [0.25, 0.3) is 10.0 Å². The van der Waals surface area contributed by atoms with E-state index in [1.807, 2.05) is 11.8 Å². The molecule has 0 amide bonds. The molecule has 3 heterocycles. The Morgan fingerprint density at radius 3 is 2.43 bits per heavy atom. The van der Waals surface area contributed by atoms with E-state index in [2.05, 4.69) is 5.32 Å². The number of anilines is 1. The van der Waals surface area contributed by atoms with Gasteiger partial charge < -0.3 is 20.1 Å². The molecule has 0 unspecified atom stereocenters. The molecule has 0 saturated carbocycles. The standard InChI is InChI=1S/C23H30F3N3O4S2/c1-16(27-18-14-33-15-18)12-20-13-28(35(31,32)21-4-3-11-34-21)9-10-29(20)19-7-5-17(6-8-19)22(2,30)23(24,25)26/h3-8,11,16,18,20,27,30H,9-10,12-15H2,1-2H3/t16-,20+,22+/m1/s1. The molecule has 194 valence electrons. The largest absolute Gasteiger partial charge is 0.421 e. The summed E-state index contributed by atoms with van der Waals surface area (Å²) in [5, 5.41) is 15.2. The van der Waals surface area contributed by atoms with Crippen molar-refractivity contribution in [3.63, 3.8) is 0 Å². The Morgan fingerprint density at radius 2 is 1.89 bits per heavy atom. The van der Waals surface area contributed by atoms with E-state index in [1.54, 1.807) is 29.6 Å². The number of rotatable bonds is 8. The Morgan fingerprint density at radius 1 is 1.20 bits per heavy atom. The van der Waals surface area contributed by atoms with Crippen molar-refractivity contribution in [3.05, 3.63) is 47.3 Å². The third kappa shape index (κ3) is 5.52. The SMILES string of the molecule is C[C@H](C[C@H]1CN(S(=O)(=O)c2cccs2)CCN1c1ccc([C@](C)(O)C(F)(F)F)cc1)NC1COC1. The minimum Gasteiger partial charge on any atom is -0.378 e. The summed E-state index contributed by atoms with van der Waals surface area (Å²) in [4.78, 5) is 2.04. The predicted molar refractivity (Wildman–Crippen MR) is 128 cm³/mol. The normalized spacial score (nSPS) is 23.0. The summed E-state index contributed by atoms with van der Waals surface area (Å²) in [5.41, 5.74) is -2.52. The molecule has 4 rings (SSSR count). The molecule has 0 radical (unpaired) electrons. The topological polar surface area (TPSA) is 82.1 Å². The maximum absolute atomic E-state index is 13.3. The second-order valence-corrected chi connectivity index (χ2v) is 12.4. The molecule has 12 heteroatoms. The summed E-state index contributed by atoms with van der Waals surface area (Å²) in [5.74, 6) is 0. The highest BCUT2D eigenvalue weighted by molar-refractivity contribution is 7.91. The lowest BCUT2D eigenvalue weighted by atomic mass is 9.94. The van der Waals surface area contributed by atoms with Gasteiger partial charge in [-0.25, -0.2) is 8.42 Å². The van der Waals surface area contributed by atoms with Gasteiger partial charge in [0.05, 0.1) is 19.3 Å². The van der Waals surface area contributed by atoms with Gasteiger partial charge in [-0.05, 0) is 49.4 Å². The zero-order chi connectivity index (χ0) is 25.4. The zero-order valence-corrected chi connectivity index (χ0v) is 21.2. The van der Waals surface area contributed by atoms with E-state index in [9.17, 15) is 26.7 Å². The molecule has 2 N–H and O–H groups in total. The van der Waals surface area contributed by atoms with Crippen molar-refractivity contribution in [2.75, 3.05) is 37.7 Å². The number of nitrogens with one attached hydrogen (secondary N) is 1. The summed E-state index contributed by atoms with van der Waals surface area (Å²) in [6, 6.07) is 9.11. The Balaban J connectivity index is 1.56. The van der Waals surface area contributed by atoms with Crippen molar-refractivity contribution in [3.8, 4) is 0 Å². The maximum Gasteiger partial charge on any atom is 0.421 e. The van der Waals surface area contributed by atoms with Gasteiger partial charge in [-0.15, -0.1) is 11.3 Å². The van der Waals surface area contributed by atoms with Gasteiger partial charge in [-0.2, -0.15) is 17.5 Å². The fraction of sp³-hybridized carbons (Fsp3) is 0.565. The fourth-order valence-electron chi connectivity index (χ4n) is 4.48. The molecule has 2 saturated heterocycles. The lowest BCUT2D eigenvalue weighted by Gasteiger charge is -2.43. The van der Waals surface area contributed by atoms with E-state index < -0.39 is 21.8 Å². The molecule has 35 heavy (non-hydrogen) atoms. The monoisotopic (exact) mass is 533 g/mol. The van der Waals surface area contributed by atoms with Crippen LogP contribution < -0.4 is 10.2 Å². The van der Waals surface area contributed by atoms with E-state index in [4.69, 9.17) is 4.74 Å². The van der Waals surface area contributed by atoms with Gasteiger partial charge in [-0.1, -0.05) is 18.2 Å². The molecule has 2 aromatic rings. The molecule has 3 atom stereocenters. The van der Waals surface area contributed by atoms with Crippen LogP contribution in [0.3, 0.4) is 0 Å². The molecule has 2 aliphatic heterocycles. The molecule has 2 fully saturated rings. The first-order chi connectivity index (χ1) is 16.4. The summed E-state index contributed by atoms with van der Waals surface area (Å²) < 4.78 is 73.1. The first-order valence-electron chi connectivity index (χ1n) is 11.4. The number of thiophene rings is 1. The van der Waals surface area contributed by atoms with Crippen LogP contribution in [0.4, 0.5) is 18.9 Å². The van der Waals surface area contributed by atoms with Crippen molar-refractivity contribution >= 4 is 27.0 Å². The minimum absolute atomic E-state index is 0.0750. The highest BCUT2D eigenvalue weighted by Gasteiger charge is 2.51. The maximum atomic E-state index is 13.3.